The second kappa shape index (κ2) is 15.1. The van der Waals surface area contributed by atoms with E-state index < -0.39 is 12.3 Å². The SMILES string of the molecule is [2H]C(=O)c1cccc(OCc2ccccc2)c1.[2H]C(C#N)(c1cccc(OCc2ccccc2)c1)N1CCOCC1. The van der Waals surface area contributed by atoms with E-state index in [0.717, 1.165) is 11.1 Å². The van der Waals surface area contributed by atoms with Crippen molar-refractivity contribution < 1.29 is 21.7 Å². The lowest BCUT2D eigenvalue weighted by atomic mass is 10.1. The third kappa shape index (κ3) is 8.82. The van der Waals surface area contributed by atoms with Gasteiger partial charge in [-0.05, 0) is 41.0 Å². The zero-order valence-corrected chi connectivity index (χ0v) is 21.7. The number of benzene rings is 4. The predicted molar refractivity (Wildman–Crippen MR) is 151 cm³/mol. The zero-order valence-electron chi connectivity index (χ0n) is 23.7. The molecule has 198 valence electrons. The summed E-state index contributed by atoms with van der Waals surface area (Å²) in [6, 6.07) is 34.4. The van der Waals surface area contributed by atoms with Gasteiger partial charge in [0.25, 0.3) is 0 Å². The molecule has 1 aliphatic heterocycles. The summed E-state index contributed by atoms with van der Waals surface area (Å²) in [5, 5.41) is 9.63. The molecule has 4 aromatic rings. The van der Waals surface area contributed by atoms with Gasteiger partial charge in [0.15, 0.2) is 0 Å². The molecule has 0 N–H and O–H groups in total. The minimum atomic E-state index is -1.42. The number of rotatable bonds is 9. The molecule has 0 saturated carbocycles. The molecule has 0 spiro atoms. The lowest BCUT2D eigenvalue weighted by Crippen LogP contribution is -2.38. The normalized spacial score (nSPS) is 15.3. The van der Waals surface area contributed by atoms with Crippen LogP contribution in [0.4, 0.5) is 0 Å². The summed E-state index contributed by atoms with van der Waals surface area (Å²) in [6.07, 6.45) is -0.699. The lowest BCUT2D eigenvalue weighted by molar-refractivity contribution is 0.0266. The van der Waals surface area contributed by atoms with Crippen molar-refractivity contribution in [2.75, 3.05) is 26.3 Å². The fourth-order valence-electron chi connectivity index (χ4n) is 3.97. The molecule has 6 heteroatoms. The number of morpholine rings is 1. The van der Waals surface area contributed by atoms with Crippen LogP contribution >= 0.6 is 0 Å². The molecule has 4 aromatic carbocycles. The molecule has 39 heavy (non-hydrogen) atoms. The Bertz CT molecular complexity index is 1440. The number of carbonyl (C=O) groups excluding carboxylic acids is 1. The van der Waals surface area contributed by atoms with Crippen molar-refractivity contribution in [3.63, 3.8) is 0 Å². The standard InChI is InChI=1S/C19H20N2O2.C14H12O2/c20-14-19(21-9-11-22-12-10-21)17-7-4-8-18(13-17)23-15-16-5-2-1-3-6-16;15-10-13-7-4-8-14(9-13)16-11-12-5-2-1-3-6-12/h1-8,13,19H,9-12,15H2;1-10H,11H2/i19D;10D. The van der Waals surface area contributed by atoms with E-state index in [9.17, 15) is 10.1 Å². The van der Waals surface area contributed by atoms with E-state index in [1.54, 1.807) is 36.4 Å². The minimum Gasteiger partial charge on any atom is -0.489 e. The van der Waals surface area contributed by atoms with Gasteiger partial charge in [-0.25, -0.2) is 0 Å². The molecular weight excluding hydrogens is 488 g/mol. The highest BCUT2D eigenvalue weighted by molar-refractivity contribution is 5.75. The van der Waals surface area contributed by atoms with Crippen LogP contribution in [0.25, 0.3) is 0 Å². The van der Waals surface area contributed by atoms with Crippen LogP contribution < -0.4 is 9.47 Å². The molecule has 0 bridgehead atoms. The Hall–Kier alpha value is -4.44. The maximum atomic E-state index is 10.9. The van der Waals surface area contributed by atoms with E-state index in [-0.39, 0.29) is 0 Å². The van der Waals surface area contributed by atoms with Gasteiger partial charge in [-0.3, -0.25) is 9.69 Å². The molecule has 1 unspecified atom stereocenters. The van der Waals surface area contributed by atoms with Crippen LogP contribution in [0.3, 0.4) is 0 Å². The van der Waals surface area contributed by atoms with Gasteiger partial charge in [-0.1, -0.05) is 84.9 Å². The highest BCUT2D eigenvalue weighted by Crippen LogP contribution is 2.25. The van der Waals surface area contributed by atoms with Crippen LogP contribution in [0, 0.1) is 11.3 Å². The van der Waals surface area contributed by atoms with Crippen molar-refractivity contribution in [1.82, 2.24) is 4.90 Å². The van der Waals surface area contributed by atoms with Gasteiger partial charge in [-0.15, -0.1) is 0 Å². The third-order valence-corrected chi connectivity index (χ3v) is 5.99. The maximum absolute atomic E-state index is 10.9. The molecule has 6 nitrogen and oxygen atoms in total. The topological polar surface area (TPSA) is 71.8 Å². The number of hydrogen-bond donors (Lipinski definition) is 0. The van der Waals surface area contributed by atoms with Gasteiger partial charge >= 0.3 is 0 Å². The fourth-order valence-corrected chi connectivity index (χ4v) is 3.97. The average molecular weight is 523 g/mol. The Morgan fingerprint density at radius 3 is 1.97 bits per heavy atom. The van der Waals surface area contributed by atoms with Crippen molar-refractivity contribution in [2.24, 2.45) is 0 Å². The van der Waals surface area contributed by atoms with E-state index >= 15 is 0 Å². The Labute approximate surface area is 232 Å². The summed E-state index contributed by atoms with van der Waals surface area (Å²) in [7, 11) is 0. The van der Waals surface area contributed by atoms with Gasteiger partial charge in [0.2, 0.25) is 0 Å². The second-order valence-corrected chi connectivity index (χ2v) is 8.77. The summed E-state index contributed by atoms with van der Waals surface area (Å²) < 4.78 is 32.4. The van der Waals surface area contributed by atoms with Crippen molar-refractivity contribution in [3.05, 3.63) is 131 Å². The Kier molecular flexibility index (Phi) is 9.62. The number of ether oxygens (including phenoxy) is 3. The molecule has 5 rings (SSSR count). The molecular formula is C33H32N2O4. The zero-order chi connectivity index (χ0) is 28.9. The number of nitriles is 1. The van der Waals surface area contributed by atoms with Crippen molar-refractivity contribution in [3.8, 4) is 17.6 Å². The first-order chi connectivity index (χ1) is 20.0. The monoisotopic (exact) mass is 522 g/mol. The van der Waals surface area contributed by atoms with Crippen LogP contribution in [0.15, 0.2) is 109 Å². The van der Waals surface area contributed by atoms with Crippen LogP contribution in [0.2, 0.25) is 0 Å². The second-order valence-electron chi connectivity index (χ2n) is 8.77. The van der Waals surface area contributed by atoms with Crippen LogP contribution in [0.5, 0.6) is 11.5 Å². The van der Waals surface area contributed by atoms with Crippen LogP contribution in [-0.2, 0) is 18.0 Å². The summed E-state index contributed by atoms with van der Waals surface area (Å²) in [4.78, 5) is 12.7. The Morgan fingerprint density at radius 2 is 1.41 bits per heavy atom. The summed E-state index contributed by atoms with van der Waals surface area (Å²) in [6.45, 7) is 3.16. The van der Waals surface area contributed by atoms with Crippen molar-refractivity contribution in [1.29, 1.82) is 5.26 Å². The first-order valence-electron chi connectivity index (χ1n) is 13.8. The molecule has 1 atom stereocenters. The molecule has 1 saturated heterocycles. The highest BCUT2D eigenvalue weighted by atomic mass is 16.5. The molecule has 0 aliphatic carbocycles. The molecule has 1 aliphatic rings. The van der Waals surface area contributed by atoms with Crippen LogP contribution in [-0.4, -0.2) is 37.5 Å². The van der Waals surface area contributed by atoms with E-state index in [2.05, 4.69) is 6.07 Å². The highest BCUT2D eigenvalue weighted by Gasteiger charge is 2.22. The van der Waals surface area contributed by atoms with Gasteiger partial charge in [-0.2, -0.15) is 5.26 Å². The van der Waals surface area contributed by atoms with Crippen molar-refractivity contribution >= 4 is 6.26 Å². The molecule has 0 radical (unpaired) electrons. The van der Waals surface area contributed by atoms with E-state index in [1.165, 1.54) is 0 Å². The number of nitrogens with zero attached hydrogens (tertiary/aromatic N) is 2. The molecule has 1 fully saturated rings. The number of aldehydes is 1. The largest absolute Gasteiger partial charge is 0.489 e. The molecule has 0 amide bonds. The van der Waals surface area contributed by atoms with Gasteiger partial charge < -0.3 is 14.2 Å². The van der Waals surface area contributed by atoms with Gasteiger partial charge in [0.05, 0.1) is 20.7 Å². The minimum absolute atomic E-state index is 0.343. The summed E-state index contributed by atoms with van der Waals surface area (Å²) in [5.41, 5.74) is 3.11. The van der Waals surface area contributed by atoms with E-state index in [0.29, 0.717) is 62.1 Å². The summed E-state index contributed by atoms with van der Waals surface area (Å²) >= 11 is 0. The molecule has 0 aromatic heterocycles. The Morgan fingerprint density at radius 1 is 0.846 bits per heavy atom. The average Bonchev–Trinajstić information content (AvgIpc) is 3.04. The Balaban J connectivity index is 0.000000201. The number of carbonyl (C=O) groups is 1. The van der Waals surface area contributed by atoms with Crippen LogP contribution in [0.1, 0.15) is 35.8 Å². The smallest absolute Gasteiger partial charge is 0.150 e. The maximum Gasteiger partial charge on any atom is 0.150 e. The summed E-state index contributed by atoms with van der Waals surface area (Å²) in [5.74, 6) is 1.27. The van der Waals surface area contributed by atoms with E-state index in [4.69, 9.17) is 17.0 Å². The predicted octanol–water partition coefficient (Wildman–Crippen LogP) is 6.24. The van der Waals surface area contributed by atoms with E-state index in [1.807, 2.05) is 77.7 Å². The molecule has 1 heterocycles. The fraction of sp³-hybridized carbons (Fsp3) is 0.212. The first-order valence-corrected chi connectivity index (χ1v) is 12.8. The number of hydrogen-bond acceptors (Lipinski definition) is 6. The lowest BCUT2D eigenvalue weighted by Gasteiger charge is -2.30. The quantitative estimate of drug-likeness (QED) is 0.242. The third-order valence-electron chi connectivity index (χ3n) is 5.99. The van der Waals surface area contributed by atoms with Crippen molar-refractivity contribution in [2.45, 2.75) is 19.2 Å². The first kappa shape index (κ1) is 24.9. The van der Waals surface area contributed by atoms with Gasteiger partial charge in [0.1, 0.15) is 38.4 Å². The van der Waals surface area contributed by atoms with Gasteiger partial charge in [0, 0.05) is 18.7 Å².